The Morgan fingerprint density at radius 2 is 1.74 bits per heavy atom. The standard InChI is InChI=1S/C23H25N3O4S/c1-3-6-18-8-12-20(13-9-18)30-17(2)23(27)25-19-10-14-21(15-11-19)31(28,29)26-22-7-4-5-16-24-22/h4-5,7-17H,3,6H2,1-2H3,(H,24,26)(H,25,27). The number of benzene rings is 2. The van der Waals surface area contributed by atoms with Crippen molar-refractivity contribution in [2.24, 2.45) is 0 Å². The van der Waals surface area contributed by atoms with Crippen LogP contribution in [0, 0.1) is 0 Å². The number of nitrogens with zero attached hydrogens (tertiary/aromatic N) is 1. The number of rotatable bonds is 9. The van der Waals surface area contributed by atoms with E-state index < -0.39 is 16.1 Å². The number of anilines is 2. The van der Waals surface area contributed by atoms with Gasteiger partial charge in [-0.1, -0.05) is 31.5 Å². The lowest BCUT2D eigenvalue weighted by Gasteiger charge is -2.15. The summed E-state index contributed by atoms with van der Waals surface area (Å²) in [6.45, 7) is 3.78. The maximum absolute atomic E-state index is 12.5. The molecule has 0 fully saturated rings. The Morgan fingerprint density at radius 1 is 1.03 bits per heavy atom. The summed E-state index contributed by atoms with van der Waals surface area (Å²) in [6, 6.07) is 18.5. The molecule has 2 aromatic carbocycles. The van der Waals surface area contributed by atoms with Crippen molar-refractivity contribution in [2.45, 2.75) is 37.7 Å². The van der Waals surface area contributed by atoms with E-state index >= 15 is 0 Å². The van der Waals surface area contributed by atoms with Gasteiger partial charge in [-0.25, -0.2) is 13.4 Å². The zero-order chi connectivity index (χ0) is 22.3. The van der Waals surface area contributed by atoms with Crippen LogP contribution in [0.1, 0.15) is 25.8 Å². The highest BCUT2D eigenvalue weighted by Gasteiger charge is 2.17. The van der Waals surface area contributed by atoms with Crippen molar-refractivity contribution in [3.05, 3.63) is 78.5 Å². The van der Waals surface area contributed by atoms with Crippen molar-refractivity contribution in [1.29, 1.82) is 0 Å². The van der Waals surface area contributed by atoms with Crippen LogP contribution in [-0.2, 0) is 21.2 Å². The van der Waals surface area contributed by atoms with E-state index in [1.54, 1.807) is 25.1 Å². The molecule has 0 saturated heterocycles. The van der Waals surface area contributed by atoms with Crippen LogP contribution in [0.3, 0.4) is 0 Å². The van der Waals surface area contributed by atoms with Gasteiger partial charge < -0.3 is 10.1 Å². The van der Waals surface area contributed by atoms with Gasteiger partial charge in [0.2, 0.25) is 0 Å². The third-order valence-corrected chi connectivity index (χ3v) is 5.85. The predicted molar refractivity (Wildman–Crippen MR) is 121 cm³/mol. The van der Waals surface area contributed by atoms with Crippen molar-refractivity contribution >= 4 is 27.4 Å². The number of pyridine rings is 1. The number of ether oxygens (including phenoxy) is 1. The summed E-state index contributed by atoms with van der Waals surface area (Å²) in [4.78, 5) is 16.4. The zero-order valence-corrected chi connectivity index (χ0v) is 18.2. The topological polar surface area (TPSA) is 97.4 Å². The monoisotopic (exact) mass is 439 g/mol. The molecule has 3 rings (SSSR count). The number of hydrogen-bond donors (Lipinski definition) is 2. The van der Waals surface area contributed by atoms with Gasteiger partial charge in [0.05, 0.1) is 4.90 Å². The van der Waals surface area contributed by atoms with Crippen LogP contribution in [0.2, 0.25) is 0 Å². The molecule has 1 unspecified atom stereocenters. The van der Waals surface area contributed by atoms with Crippen molar-refractivity contribution in [1.82, 2.24) is 4.98 Å². The summed E-state index contributed by atoms with van der Waals surface area (Å²) in [7, 11) is -3.77. The van der Waals surface area contributed by atoms with Crippen molar-refractivity contribution in [3.63, 3.8) is 0 Å². The van der Waals surface area contributed by atoms with Gasteiger partial charge in [-0.15, -0.1) is 0 Å². The minimum atomic E-state index is -3.77. The van der Waals surface area contributed by atoms with Crippen LogP contribution in [0.15, 0.2) is 77.8 Å². The third-order valence-electron chi connectivity index (χ3n) is 4.48. The summed E-state index contributed by atoms with van der Waals surface area (Å²) in [5, 5.41) is 2.73. The normalized spacial score (nSPS) is 12.1. The predicted octanol–water partition coefficient (Wildman–Crippen LogP) is 4.24. The van der Waals surface area contributed by atoms with Crippen molar-refractivity contribution in [3.8, 4) is 5.75 Å². The van der Waals surface area contributed by atoms with E-state index in [0.717, 1.165) is 12.8 Å². The summed E-state index contributed by atoms with van der Waals surface area (Å²) >= 11 is 0. The smallest absolute Gasteiger partial charge is 0.265 e. The van der Waals surface area contributed by atoms with E-state index in [-0.39, 0.29) is 16.6 Å². The first-order chi connectivity index (χ1) is 14.9. The summed E-state index contributed by atoms with van der Waals surface area (Å²) in [6.07, 6.45) is 2.85. The van der Waals surface area contributed by atoms with E-state index in [4.69, 9.17) is 4.74 Å². The van der Waals surface area contributed by atoms with Gasteiger partial charge in [0, 0.05) is 11.9 Å². The molecular formula is C23H25N3O4S. The lowest BCUT2D eigenvalue weighted by atomic mass is 10.1. The van der Waals surface area contributed by atoms with Crippen LogP contribution in [0.5, 0.6) is 5.75 Å². The first-order valence-electron chi connectivity index (χ1n) is 9.98. The van der Waals surface area contributed by atoms with Gasteiger partial charge in [0.1, 0.15) is 11.6 Å². The fourth-order valence-electron chi connectivity index (χ4n) is 2.86. The molecule has 1 heterocycles. The van der Waals surface area contributed by atoms with Crippen molar-refractivity contribution in [2.75, 3.05) is 10.0 Å². The quantitative estimate of drug-likeness (QED) is 0.520. The van der Waals surface area contributed by atoms with Gasteiger partial charge in [-0.3, -0.25) is 9.52 Å². The first kappa shape index (κ1) is 22.3. The SMILES string of the molecule is CCCc1ccc(OC(C)C(=O)Nc2ccc(S(=O)(=O)Nc3ccccn3)cc2)cc1. The van der Waals surface area contributed by atoms with Gasteiger partial charge in [-0.05, 0) is 67.4 Å². The Hall–Kier alpha value is -3.39. The number of carbonyl (C=O) groups is 1. The molecule has 1 atom stereocenters. The van der Waals surface area contributed by atoms with Gasteiger partial charge in [0.15, 0.2) is 6.10 Å². The molecule has 0 radical (unpaired) electrons. The van der Waals surface area contributed by atoms with E-state index in [9.17, 15) is 13.2 Å². The molecule has 0 aliphatic rings. The van der Waals surface area contributed by atoms with Crippen LogP contribution in [-0.4, -0.2) is 25.4 Å². The van der Waals surface area contributed by atoms with E-state index in [1.807, 2.05) is 24.3 Å². The summed E-state index contributed by atoms with van der Waals surface area (Å²) < 4.78 is 33.0. The van der Waals surface area contributed by atoms with E-state index in [2.05, 4.69) is 21.9 Å². The number of nitrogens with one attached hydrogen (secondary N) is 2. The molecule has 3 aromatic rings. The average Bonchev–Trinajstić information content (AvgIpc) is 2.76. The maximum atomic E-state index is 12.5. The van der Waals surface area contributed by atoms with E-state index in [0.29, 0.717) is 11.4 Å². The second-order valence-corrected chi connectivity index (χ2v) is 8.67. The highest BCUT2D eigenvalue weighted by atomic mass is 32.2. The number of hydrogen-bond acceptors (Lipinski definition) is 5. The Morgan fingerprint density at radius 3 is 2.35 bits per heavy atom. The second-order valence-electron chi connectivity index (χ2n) is 6.99. The number of amides is 1. The number of sulfonamides is 1. The minimum absolute atomic E-state index is 0.0626. The molecule has 7 nitrogen and oxygen atoms in total. The maximum Gasteiger partial charge on any atom is 0.265 e. The summed E-state index contributed by atoms with van der Waals surface area (Å²) in [5.74, 6) is 0.512. The molecule has 0 saturated carbocycles. The molecule has 1 amide bonds. The van der Waals surface area contributed by atoms with Crippen LogP contribution >= 0.6 is 0 Å². The van der Waals surface area contributed by atoms with Crippen molar-refractivity contribution < 1.29 is 17.9 Å². The molecule has 0 spiro atoms. The minimum Gasteiger partial charge on any atom is -0.481 e. The first-order valence-corrected chi connectivity index (χ1v) is 11.5. The number of carbonyl (C=O) groups excluding carboxylic acids is 1. The largest absolute Gasteiger partial charge is 0.481 e. The molecule has 2 N–H and O–H groups in total. The van der Waals surface area contributed by atoms with Crippen LogP contribution in [0.25, 0.3) is 0 Å². The highest BCUT2D eigenvalue weighted by molar-refractivity contribution is 7.92. The third kappa shape index (κ3) is 6.29. The molecule has 0 aliphatic carbocycles. The van der Waals surface area contributed by atoms with E-state index in [1.165, 1.54) is 36.0 Å². The average molecular weight is 440 g/mol. The molecular weight excluding hydrogens is 414 g/mol. The fraction of sp³-hybridized carbons (Fsp3) is 0.217. The molecule has 162 valence electrons. The Labute approximate surface area is 182 Å². The van der Waals surface area contributed by atoms with Crippen LogP contribution < -0.4 is 14.8 Å². The molecule has 1 aromatic heterocycles. The second kappa shape index (κ2) is 10.1. The lowest BCUT2D eigenvalue weighted by molar-refractivity contribution is -0.122. The molecule has 0 bridgehead atoms. The zero-order valence-electron chi connectivity index (χ0n) is 17.4. The van der Waals surface area contributed by atoms with Gasteiger partial charge >= 0.3 is 0 Å². The highest BCUT2D eigenvalue weighted by Crippen LogP contribution is 2.19. The van der Waals surface area contributed by atoms with Crippen LogP contribution in [0.4, 0.5) is 11.5 Å². The number of aryl methyl sites for hydroxylation is 1. The Bertz CT molecular complexity index is 1100. The fourth-order valence-corrected chi connectivity index (χ4v) is 3.87. The molecule has 8 heteroatoms. The molecule has 0 aliphatic heterocycles. The molecule has 31 heavy (non-hydrogen) atoms. The van der Waals surface area contributed by atoms with Gasteiger partial charge in [-0.2, -0.15) is 0 Å². The van der Waals surface area contributed by atoms with Gasteiger partial charge in [0.25, 0.3) is 15.9 Å². The summed E-state index contributed by atoms with van der Waals surface area (Å²) in [5.41, 5.74) is 1.69. The Kier molecular flexibility index (Phi) is 7.25. The Balaban J connectivity index is 1.59. The number of aromatic nitrogens is 1. The lowest BCUT2D eigenvalue weighted by Crippen LogP contribution is -2.30.